The van der Waals surface area contributed by atoms with Crippen molar-refractivity contribution in [2.45, 2.75) is 43.5 Å². The molecule has 0 saturated heterocycles. The molecule has 35 heavy (non-hydrogen) atoms. The second-order valence-electron chi connectivity index (χ2n) is 9.07. The molecule has 0 unspecified atom stereocenters. The van der Waals surface area contributed by atoms with Crippen molar-refractivity contribution in [1.82, 2.24) is 9.80 Å². The number of alkyl halides is 3. The zero-order chi connectivity index (χ0) is 25.8. The van der Waals surface area contributed by atoms with Crippen LogP contribution in [0, 0.1) is 11.3 Å². The van der Waals surface area contributed by atoms with E-state index in [2.05, 4.69) is 11.4 Å². The van der Waals surface area contributed by atoms with Gasteiger partial charge in [0.15, 0.2) is 0 Å². The highest BCUT2D eigenvalue weighted by Crippen LogP contribution is 2.39. The highest BCUT2D eigenvalue weighted by molar-refractivity contribution is 6.31. The van der Waals surface area contributed by atoms with Gasteiger partial charge in [0.2, 0.25) is 0 Å². The highest BCUT2D eigenvalue weighted by Gasteiger charge is 2.38. The summed E-state index contributed by atoms with van der Waals surface area (Å²) in [4.78, 5) is 16.7. The molecule has 0 spiro atoms. The Balaban J connectivity index is 1.76. The summed E-state index contributed by atoms with van der Waals surface area (Å²) in [5.41, 5.74) is -0.988. The second kappa shape index (κ2) is 10.9. The largest absolute Gasteiger partial charge is 0.417 e. The number of rotatable bonds is 6. The summed E-state index contributed by atoms with van der Waals surface area (Å²) in [5.74, 6) is 0. The van der Waals surface area contributed by atoms with E-state index in [4.69, 9.17) is 16.9 Å². The van der Waals surface area contributed by atoms with Crippen LogP contribution in [0.4, 0.5) is 23.7 Å². The fourth-order valence-corrected chi connectivity index (χ4v) is 4.56. The molecule has 3 rings (SSSR count). The maximum absolute atomic E-state index is 13.2. The Bertz CT molecular complexity index is 1090. The minimum atomic E-state index is -4.64. The third-order valence-corrected chi connectivity index (χ3v) is 6.65. The smallest absolute Gasteiger partial charge is 0.385 e. The lowest BCUT2D eigenvalue weighted by atomic mass is 9.77. The molecular weight excluding hydrogens is 481 g/mol. The third kappa shape index (κ3) is 6.66. The fraction of sp³-hybridized carbons (Fsp3) is 0.440. The first-order valence-corrected chi connectivity index (χ1v) is 11.6. The SMILES string of the molecule is CN(C)CCN(C(=O)Nc1ccc(Cl)c(C(F)(F)F)c1)C1CCC(O)(c2cccc(C#N)c2)CC1. The number of nitriles is 1. The molecule has 6 nitrogen and oxygen atoms in total. The van der Waals surface area contributed by atoms with E-state index in [-0.39, 0.29) is 11.7 Å². The number of nitrogens with one attached hydrogen (secondary N) is 1. The molecule has 0 atom stereocenters. The zero-order valence-electron chi connectivity index (χ0n) is 19.6. The summed E-state index contributed by atoms with van der Waals surface area (Å²) >= 11 is 5.69. The Kier molecular flexibility index (Phi) is 8.31. The van der Waals surface area contributed by atoms with E-state index in [9.17, 15) is 23.1 Å². The highest BCUT2D eigenvalue weighted by atomic mass is 35.5. The first-order valence-electron chi connectivity index (χ1n) is 11.2. The standard InChI is InChI=1S/C25H28ClF3N4O2/c1-32(2)12-13-33(23(34)31-19-6-7-22(26)21(15-19)25(27,28)29)20-8-10-24(35,11-9-20)18-5-3-4-17(14-18)16-30/h3-7,14-15,20,35H,8-13H2,1-2H3,(H,31,34). The van der Waals surface area contributed by atoms with Crippen LogP contribution in [0.1, 0.15) is 42.4 Å². The Morgan fingerprint density at radius 3 is 2.49 bits per heavy atom. The van der Waals surface area contributed by atoms with Crippen molar-refractivity contribution in [1.29, 1.82) is 5.26 Å². The predicted molar refractivity (Wildman–Crippen MR) is 128 cm³/mol. The van der Waals surface area contributed by atoms with Crippen LogP contribution in [0.15, 0.2) is 42.5 Å². The Hall–Kier alpha value is -2.80. The quantitative estimate of drug-likeness (QED) is 0.543. The molecule has 1 aliphatic carbocycles. The lowest BCUT2D eigenvalue weighted by Crippen LogP contribution is -2.49. The molecule has 2 aromatic rings. The van der Waals surface area contributed by atoms with Crippen molar-refractivity contribution in [3.8, 4) is 6.07 Å². The number of amides is 2. The summed E-state index contributed by atoms with van der Waals surface area (Å²) in [7, 11) is 3.74. The molecule has 0 bridgehead atoms. The average Bonchev–Trinajstić information content (AvgIpc) is 2.80. The maximum Gasteiger partial charge on any atom is 0.417 e. The minimum absolute atomic E-state index is 0.00205. The van der Waals surface area contributed by atoms with Crippen molar-refractivity contribution < 1.29 is 23.1 Å². The number of benzene rings is 2. The lowest BCUT2D eigenvalue weighted by molar-refractivity contribution is -0.137. The average molecular weight is 509 g/mol. The molecule has 1 saturated carbocycles. The van der Waals surface area contributed by atoms with Crippen LogP contribution in [0.5, 0.6) is 0 Å². The molecule has 2 N–H and O–H groups in total. The summed E-state index contributed by atoms with van der Waals surface area (Å²) < 4.78 is 39.7. The van der Waals surface area contributed by atoms with Crippen molar-refractivity contribution in [2.75, 3.05) is 32.5 Å². The summed E-state index contributed by atoms with van der Waals surface area (Å²) in [6.45, 7) is 0.929. The molecule has 1 fully saturated rings. The van der Waals surface area contributed by atoms with Crippen LogP contribution in [0.3, 0.4) is 0 Å². The van der Waals surface area contributed by atoms with Crippen LogP contribution in [0.2, 0.25) is 5.02 Å². The summed E-state index contributed by atoms with van der Waals surface area (Å²) in [5, 5.41) is 22.5. The van der Waals surface area contributed by atoms with Crippen molar-refractivity contribution in [2.24, 2.45) is 0 Å². The Morgan fingerprint density at radius 1 is 1.20 bits per heavy atom. The molecular formula is C25H28ClF3N4O2. The molecule has 0 radical (unpaired) electrons. The first-order chi connectivity index (χ1) is 16.4. The van der Waals surface area contributed by atoms with Crippen molar-refractivity contribution in [3.63, 3.8) is 0 Å². The minimum Gasteiger partial charge on any atom is -0.385 e. The molecule has 188 valence electrons. The van der Waals surface area contributed by atoms with Crippen molar-refractivity contribution >= 4 is 23.3 Å². The first kappa shape index (κ1) is 26.8. The van der Waals surface area contributed by atoms with E-state index in [1.807, 2.05) is 19.0 Å². The van der Waals surface area contributed by atoms with Gasteiger partial charge in [-0.1, -0.05) is 23.7 Å². The fourth-order valence-electron chi connectivity index (χ4n) is 4.33. The van der Waals surface area contributed by atoms with Gasteiger partial charge in [-0.05, 0) is 75.7 Å². The van der Waals surface area contributed by atoms with E-state index < -0.39 is 28.4 Å². The monoisotopic (exact) mass is 508 g/mol. The van der Waals surface area contributed by atoms with Gasteiger partial charge in [0.1, 0.15) is 0 Å². The van der Waals surface area contributed by atoms with Crippen LogP contribution < -0.4 is 5.32 Å². The van der Waals surface area contributed by atoms with Gasteiger partial charge in [-0.2, -0.15) is 18.4 Å². The van der Waals surface area contributed by atoms with Crippen molar-refractivity contribution in [3.05, 3.63) is 64.2 Å². The van der Waals surface area contributed by atoms with Gasteiger partial charge in [-0.3, -0.25) is 0 Å². The van der Waals surface area contributed by atoms with Gasteiger partial charge in [-0.25, -0.2) is 4.79 Å². The van der Waals surface area contributed by atoms with Crippen LogP contribution >= 0.6 is 11.6 Å². The van der Waals surface area contributed by atoms with E-state index in [0.717, 1.165) is 12.1 Å². The van der Waals surface area contributed by atoms with E-state index in [1.54, 1.807) is 29.2 Å². The van der Waals surface area contributed by atoms with Gasteiger partial charge in [0, 0.05) is 24.8 Å². The topological polar surface area (TPSA) is 79.6 Å². The molecule has 0 heterocycles. The number of likely N-dealkylation sites (N-methyl/N-ethyl adjacent to an activating group) is 1. The number of carbonyl (C=O) groups is 1. The molecule has 1 aliphatic rings. The van der Waals surface area contributed by atoms with Gasteiger partial charge >= 0.3 is 12.2 Å². The van der Waals surface area contributed by atoms with E-state index >= 15 is 0 Å². The van der Waals surface area contributed by atoms with Gasteiger partial charge in [0.25, 0.3) is 0 Å². The van der Waals surface area contributed by atoms with E-state index in [0.29, 0.717) is 49.9 Å². The number of anilines is 1. The zero-order valence-corrected chi connectivity index (χ0v) is 20.3. The number of hydrogen-bond acceptors (Lipinski definition) is 4. The molecule has 2 amide bonds. The van der Waals surface area contributed by atoms with Crippen LogP contribution in [0.25, 0.3) is 0 Å². The number of carbonyl (C=O) groups excluding carboxylic acids is 1. The maximum atomic E-state index is 13.2. The molecule has 0 aliphatic heterocycles. The Labute approximate surface area is 207 Å². The third-order valence-electron chi connectivity index (χ3n) is 6.32. The van der Waals surface area contributed by atoms with Crippen LogP contribution in [-0.4, -0.2) is 54.2 Å². The number of urea groups is 1. The molecule has 2 aromatic carbocycles. The number of aliphatic hydroxyl groups is 1. The van der Waals surface area contributed by atoms with Gasteiger partial charge in [0.05, 0.1) is 27.8 Å². The van der Waals surface area contributed by atoms with E-state index in [1.165, 1.54) is 6.07 Å². The molecule has 10 heteroatoms. The van der Waals surface area contributed by atoms with Crippen LogP contribution in [-0.2, 0) is 11.8 Å². The molecule has 0 aromatic heterocycles. The number of nitrogens with zero attached hydrogens (tertiary/aromatic N) is 3. The lowest BCUT2D eigenvalue weighted by Gasteiger charge is -2.41. The predicted octanol–water partition coefficient (Wildman–Crippen LogP) is 5.46. The number of halogens is 4. The second-order valence-corrected chi connectivity index (χ2v) is 9.48. The summed E-state index contributed by atoms with van der Waals surface area (Å²) in [6.07, 6.45) is -2.86. The number of hydrogen-bond donors (Lipinski definition) is 2. The van der Waals surface area contributed by atoms with Gasteiger partial charge < -0.3 is 20.2 Å². The van der Waals surface area contributed by atoms with Gasteiger partial charge in [-0.15, -0.1) is 0 Å². The normalized spacial score (nSPS) is 20.4. The Morgan fingerprint density at radius 2 is 1.89 bits per heavy atom. The summed E-state index contributed by atoms with van der Waals surface area (Å²) in [6, 6.07) is 11.5.